The summed E-state index contributed by atoms with van der Waals surface area (Å²) >= 11 is 0. The van der Waals surface area contributed by atoms with E-state index in [2.05, 4.69) is 13.8 Å². The van der Waals surface area contributed by atoms with Crippen LogP contribution in [-0.4, -0.2) is 0 Å². The monoisotopic (exact) mass is 192 g/mol. The highest BCUT2D eigenvalue weighted by Gasteiger charge is 2.45. The van der Waals surface area contributed by atoms with Crippen LogP contribution in [0, 0.1) is 35.5 Å². The van der Waals surface area contributed by atoms with Gasteiger partial charge in [-0.05, 0) is 61.2 Å². The topological polar surface area (TPSA) is 0 Å². The summed E-state index contributed by atoms with van der Waals surface area (Å²) in [5.41, 5.74) is 0. The van der Waals surface area contributed by atoms with Crippen molar-refractivity contribution in [3.05, 3.63) is 0 Å². The molecule has 0 amide bonds. The van der Waals surface area contributed by atoms with Gasteiger partial charge in [-0.15, -0.1) is 0 Å². The van der Waals surface area contributed by atoms with Gasteiger partial charge >= 0.3 is 0 Å². The van der Waals surface area contributed by atoms with Gasteiger partial charge in [0.05, 0.1) is 0 Å². The van der Waals surface area contributed by atoms with Gasteiger partial charge in [0.1, 0.15) is 0 Å². The van der Waals surface area contributed by atoms with Crippen LogP contribution in [0.15, 0.2) is 0 Å². The van der Waals surface area contributed by atoms with Gasteiger partial charge < -0.3 is 0 Å². The molecular formula is C14H24. The third-order valence-electron chi connectivity index (χ3n) is 5.84. The van der Waals surface area contributed by atoms with E-state index in [4.69, 9.17) is 0 Å². The van der Waals surface area contributed by atoms with Crippen molar-refractivity contribution in [3.63, 3.8) is 0 Å². The Kier molecular flexibility index (Phi) is 2.15. The summed E-state index contributed by atoms with van der Waals surface area (Å²) in [5.74, 6) is 6.57. The predicted molar refractivity (Wildman–Crippen MR) is 60.0 cm³/mol. The fraction of sp³-hybridized carbons (Fsp3) is 1.00. The van der Waals surface area contributed by atoms with Crippen molar-refractivity contribution < 1.29 is 0 Å². The Balaban J connectivity index is 1.79. The van der Waals surface area contributed by atoms with E-state index in [0.717, 1.165) is 35.5 Å². The molecule has 4 aliphatic rings. The molecule has 0 spiro atoms. The molecule has 4 unspecified atom stereocenters. The van der Waals surface area contributed by atoms with E-state index < -0.39 is 0 Å². The standard InChI is InChI=1S/C14H24/c1-9-3-5-14-10(2)12-7-11(8-12)4-6-13(9)14/h9-14H,3-8H2,1-2H3. The first-order valence-corrected chi connectivity index (χ1v) is 6.75. The lowest BCUT2D eigenvalue weighted by Gasteiger charge is -2.46. The van der Waals surface area contributed by atoms with Gasteiger partial charge in [-0.25, -0.2) is 0 Å². The summed E-state index contributed by atoms with van der Waals surface area (Å²) in [5, 5.41) is 0. The van der Waals surface area contributed by atoms with E-state index in [1.807, 2.05) is 0 Å². The first-order chi connectivity index (χ1) is 6.75. The molecule has 14 heavy (non-hydrogen) atoms. The van der Waals surface area contributed by atoms with Gasteiger partial charge in [0.2, 0.25) is 0 Å². The Morgan fingerprint density at radius 1 is 0.786 bits per heavy atom. The third-order valence-corrected chi connectivity index (χ3v) is 5.84. The van der Waals surface area contributed by atoms with E-state index in [0.29, 0.717) is 0 Å². The number of hydrogen-bond donors (Lipinski definition) is 0. The number of rotatable bonds is 0. The Labute approximate surface area is 88.5 Å². The molecule has 0 aromatic carbocycles. The van der Waals surface area contributed by atoms with Gasteiger partial charge in [0, 0.05) is 0 Å². The highest BCUT2D eigenvalue weighted by Crippen LogP contribution is 2.54. The number of fused-ring (bicyclic) bond motifs is 1. The van der Waals surface area contributed by atoms with Crippen molar-refractivity contribution in [2.24, 2.45) is 35.5 Å². The lowest BCUT2D eigenvalue weighted by atomic mass is 9.59. The fourth-order valence-corrected chi connectivity index (χ4v) is 4.69. The van der Waals surface area contributed by atoms with Crippen LogP contribution in [0.1, 0.15) is 52.4 Å². The van der Waals surface area contributed by atoms with Crippen LogP contribution in [0.3, 0.4) is 0 Å². The van der Waals surface area contributed by atoms with Crippen molar-refractivity contribution in [1.82, 2.24) is 0 Å². The maximum atomic E-state index is 2.56. The van der Waals surface area contributed by atoms with Gasteiger partial charge in [-0.3, -0.25) is 0 Å². The molecule has 0 aromatic heterocycles. The molecule has 0 saturated heterocycles. The average molecular weight is 192 g/mol. The Hall–Kier alpha value is 0. The smallest absolute Gasteiger partial charge is 0.0355 e. The van der Waals surface area contributed by atoms with Crippen LogP contribution >= 0.6 is 0 Å². The second kappa shape index (κ2) is 3.25. The third kappa shape index (κ3) is 1.26. The summed E-state index contributed by atoms with van der Waals surface area (Å²) in [6, 6.07) is 0. The van der Waals surface area contributed by atoms with Crippen molar-refractivity contribution in [2.45, 2.75) is 52.4 Å². The van der Waals surface area contributed by atoms with E-state index in [1.54, 1.807) is 32.1 Å². The lowest BCUT2D eigenvalue weighted by molar-refractivity contribution is 0.0353. The minimum absolute atomic E-state index is 1.04. The van der Waals surface area contributed by atoms with Crippen molar-refractivity contribution in [1.29, 1.82) is 0 Å². The highest BCUT2D eigenvalue weighted by atomic mass is 14.5. The first kappa shape index (κ1) is 9.24. The van der Waals surface area contributed by atoms with Crippen molar-refractivity contribution >= 4 is 0 Å². The SMILES string of the molecule is CC1CCC2C(C)C3CC(CCC12)C3. The summed E-state index contributed by atoms with van der Waals surface area (Å²) in [4.78, 5) is 0. The molecule has 0 heteroatoms. The molecule has 0 N–H and O–H groups in total. The zero-order valence-electron chi connectivity index (χ0n) is 9.71. The molecule has 0 heterocycles. The number of hydrogen-bond acceptors (Lipinski definition) is 0. The molecule has 0 aliphatic heterocycles. The molecule has 4 saturated carbocycles. The van der Waals surface area contributed by atoms with Crippen LogP contribution in [0.25, 0.3) is 0 Å². The molecule has 80 valence electrons. The van der Waals surface area contributed by atoms with E-state index >= 15 is 0 Å². The van der Waals surface area contributed by atoms with Crippen LogP contribution in [0.5, 0.6) is 0 Å². The molecule has 4 atom stereocenters. The molecule has 4 fully saturated rings. The summed E-state index contributed by atoms with van der Waals surface area (Å²) in [6.07, 6.45) is 9.37. The van der Waals surface area contributed by atoms with Crippen LogP contribution in [-0.2, 0) is 0 Å². The molecule has 4 rings (SSSR count). The normalized spacial score (nSPS) is 57.0. The van der Waals surface area contributed by atoms with Crippen molar-refractivity contribution in [2.75, 3.05) is 0 Å². The van der Waals surface area contributed by atoms with Gasteiger partial charge in [0.15, 0.2) is 0 Å². The molecular weight excluding hydrogens is 168 g/mol. The van der Waals surface area contributed by atoms with E-state index in [-0.39, 0.29) is 0 Å². The summed E-state index contributed by atoms with van der Waals surface area (Å²) < 4.78 is 0. The minimum atomic E-state index is 1.04. The minimum Gasteiger partial charge on any atom is -0.0622 e. The van der Waals surface area contributed by atoms with Gasteiger partial charge in [-0.1, -0.05) is 26.7 Å². The molecule has 0 nitrogen and oxygen atoms in total. The summed E-state index contributed by atoms with van der Waals surface area (Å²) in [6.45, 7) is 5.06. The first-order valence-electron chi connectivity index (χ1n) is 6.75. The highest BCUT2D eigenvalue weighted by molar-refractivity contribution is 4.95. The van der Waals surface area contributed by atoms with Gasteiger partial charge in [-0.2, -0.15) is 0 Å². The summed E-state index contributed by atoms with van der Waals surface area (Å²) in [7, 11) is 0. The fourth-order valence-electron chi connectivity index (χ4n) is 4.69. The van der Waals surface area contributed by atoms with E-state index in [9.17, 15) is 0 Å². The quantitative estimate of drug-likeness (QED) is 0.542. The average Bonchev–Trinajstić information content (AvgIpc) is 2.40. The zero-order valence-corrected chi connectivity index (χ0v) is 9.71. The van der Waals surface area contributed by atoms with E-state index in [1.165, 1.54) is 6.42 Å². The van der Waals surface area contributed by atoms with Gasteiger partial charge in [0.25, 0.3) is 0 Å². The molecule has 4 aliphatic carbocycles. The largest absolute Gasteiger partial charge is 0.0622 e. The molecule has 2 bridgehead atoms. The lowest BCUT2D eigenvalue weighted by Crippen LogP contribution is -2.37. The maximum Gasteiger partial charge on any atom is -0.0355 e. The van der Waals surface area contributed by atoms with Crippen molar-refractivity contribution in [3.8, 4) is 0 Å². The Morgan fingerprint density at radius 3 is 2.29 bits per heavy atom. The van der Waals surface area contributed by atoms with Crippen LogP contribution in [0.2, 0.25) is 0 Å². The zero-order chi connectivity index (χ0) is 9.71. The van der Waals surface area contributed by atoms with Crippen LogP contribution in [0.4, 0.5) is 0 Å². The second-order valence-electron chi connectivity index (χ2n) is 6.42. The second-order valence-corrected chi connectivity index (χ2v) is 6.42. The van der Waals surface area contributed by atoms with Crippen LogP contribution < -0.4 is 0 Å². The maximum absolute atomic E-state index is 2.56. The molecule has 0 radical (unpaired) electrons. The Morgan fingerprint density at radius 2 is 1.50 bits per heavy atom. The Bertz CT molecular complexity index is 214. The predicted octanol–water partition coefficient (Wildman–Crippen LogP) is 4.10. The molecule has 0 aromatic rings.